The van der Waals surface area contributed by atoms with Crippen molar-refractivity contribution in [2.75, 3.05) is 13.2 Å². The standard InChI is InChI=1S/C24H22N2O5/c1-16-13-22(29-12-10-25-31-15-27)24-19(9-11-30-24)20(16)14-18-7-8-21(28)23(26-18)17-5-3-2-4-6-17/h2-8,10,13,15,28H,9,11-12,14H2,1H3. The minimum absolute atomic E-state index is 0.155. The summed E-state index contributed by atoms with van der Waals surface area (Å²) in [6.45, 7) is 3.02. The lowest BCUT2D eigenvalue weighted by molar-refractivity contribution is -0.128. The van der Waals surface area contributed by atoms with E-state index in [1.54, 1.807) is 6.07 Å². The monoisotopic (exact) mass is 418 g/mol. The number of pyridine rings is 1. The molecular weight excluding hydrogens is 396 g/mol. The van der Waals surface area contributed by atoms with E-state index in [1.807, 2.05) is 49.4 Å². The van der Waals surface area contributed by atoms with E-state index in [2.05, 4.69) is 9.99 Å². The van der Waals surface area contributed by atoms with E-state index in [4.69, 9.17) is 14.5 Å². The normalized spacial score (nSPS) is 12.4. The van der Waals surface area contributed by atoms with E-state index < -0.39 is 0 Å². The van der Waals surface area contributed by atoms with Crippen molar-refractivity contribution in [3.05, 3.63) is 70.9 Å². The molecule has 0 spiro atoms. The van der Waals surface area contributed by atoms with Gasteiger partial charge in [0.05, 0.1) is 12.8 Å². The van der Waals surface area contributed by atoms with E-state index in [0.29, 0.717) is 24.5 Å². The Morgan fingerprint density at radius 3 is 2.87 bits per heavy atom. The average molecular weight is 418 g/mol. The first-order valence-corrected chi connectivity index (χ1v) is 9.94. The Labute approximate surface area is 179 Å². The van der Waals surface area contributed by atoms with Gasteiger partial charge < -0.3 is 19.4 Å². The Kier molecular flexibility index (Phi) is 6.12. The lowest BCUT2D eigenvalue weighted by Crippen LogP contribution is -2.04. The number of aromatic nitrogens is 1. The molecule has 0 fully saturated rings. The number of hydrogen-bond donors (Lipinski definition) is 1. The van der Waals surface area contributed by atoms with Gasteiger partial charge in [-0.1, -0.05) is 35.5 Å². The number of nitrogens with zero attached hydrogens (tertiary/aromatic N) is 2. The van der Waals surface area contributed by atoms with Gasteiger partial charge in [-0.2, -0.15) is 0 Å². The maximum Gasteiger partial charge on any atom is 0.323 e. The van der Waals surface area contributed by atoms with Crippen molar-refractivity contribution in [3.63, 3.8) is 0 Å². The van der Waals surface area contributed by atoms with Gasteiger partial charge in [-0.15, -0.1) is 0 Å². The number of oxime groups is 1. The number of ether oxygens (including phenoxy) is 2. The Bertz CT molecular complexity index is 1110. The average Bonchev–Trinajstić information content (AvgIpc) is 3.28. The van der Waals surface area contributed by atoms with Gasteiger partial charge in [0, 0.05) is 29.7 Å². The summed E-state index contributed by atoms with van der Waals surface area (Å²) in [5.41, 5.74) is 5.62. The number of fused-ring (bicyclic) bond motifs is 1. The van der Waals surface area contributed by atoms with Gasteiger partial charge in [0.15, 0.2) is 11.5 Å². The van der Waals surface area contributed by atoms with Crippen LogP contribution in [-0.2, 0) is 22.5 Å². The van der Waals surface area contributed by atoms with E-state index in [-0.39, 0.29) is 18.8 Å². The Balaban J connectivity index is 1.61. The third-order valence-electron chi connectivity index (χ3n) is 5.11. The molecule has 2 heterocycles. The van der Waals surface area contributed by atoms with Crippen LogP contribution in [0, 0.1) is 6.92 Å². The van der Waals surface area contributed by atoms with Crippen LogP contribution >= 0.6 is 0 Å². The number of rotatable bonds is 8. The zero-order chi connectivity index (χ0) is 21.6. The SMILES string of the molecule is Cc1cc(OCC=NOC=O)c2c(c1Cc1ccc(O)c(-c3ccccc3)n1)CCO2. The van der Waals surface area contributed by atoms with Gasteiger partial charge >= 0.3 is 6.47 Å². The number of aryl methyl sites for hydroxylation is 1. The smallest absolute Gasteiger partial charge is 0.323 e. The molecule has 0 aliphatic carbocycles. The van der Waals surface area contributed by atoms with Gasteiger partial charge in [-0.25, -0.2) is 4.98 Å². The van der Waals surface area contributed by atoms with Gasteiger partial charge in [0.25, 0.3) is 0 Å². The molecule has 2 aromatic carbocycles. The molecule has 158 valence electrons. The molecule has 0 amide bonds. The van der Waals surface area contributed by atoms with E-state index in [9.17, 15) is 9.90 Å². The van der Waals surface area contributed by atoms with Crippen LogP contribution in [0.1, 0.15) is 22.4 Å². The molecule has 0 radical (unpaired) electrons. The summed E-state index contributed by atoms with van der Waals surface area (Å²) in [5, 5.41) is 13.7. The first-order chi connectivity index (χ1) is 15.2. The molecule has 4 rings (SSSR count). The fourth-order valence-electron chi connectivity index (χ4n) is 3.71. The molecule has 0 atom stereocenters. The number of benzene rings is 2. The lowest BCUT2D eigenvalue weighted by atomic mass is 9.95. The highest BCUT2D eigenvalue weighted by Gasteiger charge is 2.24. The molecule has 0 saturated carbocycles. The third kappa shape index (κ3) is 4.50. The maximum absolute atomic E-state index is 10.3. The van der Waals surface area contributed by atoms with Crippen molar-refractivity contribution < 1.29 is 24.2 Å². The second kappa shape index (κ2) is 9.30. The summed E-state index contributed by atoms with van der Waals surface area (Å²) in [6.07, 6.45) is 2.77. The van der Waals surface area contributed by atoms with Crippen molar-refractivity contribution in [1.82, 2.24) is 4.98 Å². The quantitative estimate of drug-likeness (QED) is 0.259. The van der Waals surface area contributed by atoms with Crippen LogP contribution in [0.15, 0.2) is 53.7 Å². The molecule has 1 aliphatic rings. The van der Waals surface area contributed by atoms with Crippen molar-refractivity contribution in [2.45, 2.75) is 19.8 Å². The molecular formula is C24H22N2O5. The van der Waals surface area contributed by atoms with E-state index in [1.165, 1.54) is 6.21 Å². The summed E-state index contributed by atoms with van der Waals surface area (Å²) in [5.74, 6) is 1.52. The molecule has 0 bridgehead atoms. The van der Waals surface area contributed by atoms with Gasteiger partial charge in [-0.3, -0.25) is 4.79 Å². The van der Waals surface area contributed by atoms with Crippen LogP contribution in [0.2, 0.25) is 0 Å². The van der Waals surface area contributed by atoms with Crippen molar-refractivity contribution in [3.8, 4) is 28.5 Å². The highest BCUT2D eigenvalue weighted by Crippen LogP contribution is 2.40. The largest absolute Gasteiger partial charge is 0.506 e. The molecule has 1 aromatic heterocycles. The second-order valence-corrected chi connectivity index (χ2v) is 7.09. The summed E-state index contributed by atoms with van der Waals surface area (Å²) >= 11 is 0. The predicted molar refractivity (Wildman–Crippen MR) is 116 cm³/mol. The van der Waals surface area contributed by atoms with E-state index in [0.717, 1.165) is 40.1 Å². The lowest BCUT2D eigenvalue weighted by Gasteiger charge is -2.16. The van der Waals surface area contributed by atoms with Crippen LogP contribution in [0.3, 0.4) is 0 Å². The van der Waals surface area contributed by atoms with Crippen LogP contribution in [0.4, 0.5) is 0 Å². The van der Waals surface area contributed by atoms with E-state index >= 15 is 0 Å². The predicted octanol–water partition coefficient (Wildman–Crippen LogP) is 3.83. The molecule has 1 N–H and O–H groups in total. The highest BCUT2D eigenvalue weighted by molar-refractivity contribution is 5.66. The zero-order valence-electron chi connectivity index (χ0n) is 17.1. The topological polar surface area (TPSA) is 90.2 Å². The first kappa shape index (κ1) is 20.4. The van der Waals surface area contributed by atoms with Gasteiger partial charge in [0.1, 0.15) is 18.1 Å². The third-order valence-corrected chi connectivity index (χ3v) is 5.11. The molecule has 7 nitrogen and oxygen atoms in total. The van der Waals surface area contributed by atoms with Gasteiger partial charge in [-0.05, 0) is 36.2 Å². The number of aromatic hydroxyl groups is 1. The Hall–Kier alpha value is -3.87. The molecule has 1 aliphatic heterocycles. The number of carbonyl (C=O) groups excluding carboxylic acids is 1. The van der Waals surface area contributed by atoms with Gasteiger partial charge in [0.2, 0.25) is 0 Å². The summed E-state index contributed by atoms with van der Waals surface area (Å²) in [6, 6.07) is 15.1. The van der Waals surface area contributed by atoms with Crippen molar-refractivity contribution >= 4 is 12.7 Å². The minimum Gasteiger partial charge on any atom is -0.506 e. The summed E-state index contributed by atoms with van der Waals surface area (Å²) < 4.78 is 11.6. The molecule has 7 heteroatoms. The summed E-state index contributed by atoms with van der Waals surface area (Å²) in [4.78, 5) is 19.1. The highest BCUT2D eigenvalue weighted by atomic mass is 16.7. The van der Waals surface area contributed by atoms with Crippen LogP contribution in [0.5, 0.6) is 17.2 Å². The number of carbonyl (C=O) groups is 1. The Morgan fingerprint density at radius 1 is 1.23 bits per heavy atom. The zero-order valence-corrected chi connectivity index (χ0v) is 17.1. The molecule has 31 heavy (non-hydrogen) atoms. The summed E-state index contributed by atoms with van der Waals surface area (Å²) in [7, 11) is 0. The fraction of sp³-hybridized carbons (Fsp3) is 0.208. The van der Waals surface area contributed by atoms with Crippen LogP contribution in [-0.4, -0.2) is 36.0 Å². The van der Waals surface area contributed by atoms with Crippen LogP contribution in [0.25, 0.3) is 11.3 Å². The molecule has 3 aromatic rings. The van der Waals surface area contributed by atoms with Crippen molar-refractivity contribution in [2.24, 2.45) is 5.16 Å². The second-order valence-electron chi connectivity index (χ2n) is 7.09. The molecule has 0 unspecified atom stereocenters. The Morgan fingerprint density at radius 2 is 2.06 bits per heavy atom. The fourth-order valence-corrected chi connectivity index (χ4v) is 3.71. The van der Waals surface area contributed by atoms with Crippen molar-refractivity contribution in [1.29, 1.82) is 0 Å². The molecule has 0 saturated heterocycles. The van der Waals surface area contributed by atoms with Crippen LogP contribution < -0.4 is 9.47 Å². The number of hydrogen-bond acceptors (Lipinski definition) is 7. The maximum atomic E-state index is 10.3. The minimum atomic E-state index is 0.155. The first-order valence-electron chi connectivity index (χ1n) is 9.94.